The van der Waals surface area contributed by atoms with E-state index in [1.165, 1.54) is 16.7 Å². The van der Waals surface area contributed by atoms with Crippen molar-refractivity contribution >= 4 is 5.78 Å². The zero-order chi connectivity index (χ0) is 17.3. The maximum absolute atomic E-state index is 12.9. The maximum Gasteiger partial charge on any atom is 0.296 e. The fourth-order valence-corrected chi connectivity index (χ4v) is 2.81. The Bertz CT molecular complexity index is 830. The van der Waals surface area contributed by atoms with Gasteiger partial charge in [-0.3, -0.25) is 14.2 Å². The number of hydrogen-bond acceptors (Lipinski definition) is 5. The average molecular weight is 331 g/mol. The molecule has 1 aromatic heterocycles. The number of nitrogens with one attached hydrogen (secondary N) is 1. The minimum Gasteiger partial charge on any atom is -0.501 e. The number of fused-ring (bicyclic) bond motifs is 1. The van der Waals surface area contributed by atoms with Gasteiger partial charge in [-0.1, -0.05) is 12.1 Å². The quantitative estimate of drug-likeness (QED) is 0.831. The summed E-state index contributed by atoms with van der Waals surface area (Å²) in [5.74, 6) is -0.894. The average Bonchev–Trinajstić information content (AvgIpc) is 2.58. The number of carbonyl (C=O) groups excluding carboxylic acids is 1. The Balaban J connectivity index is 1.84. The third-order valence-electron chi connectivity index (χ3n) is 4.17. The third kappa shape index (κ3) is 3.07. The smallest absolute Gasteiger partial charge is 0.296 e. The summed E-state index contributed by atoms with van der Waals surface area (Å²) in [7, 11) is 0. The van der Waals surface area contributed by atoms with Crippen molar-refractivity contribution in [3.8, 4) is 5.75 Å². The topological polar surface area (TPSA) is 84.2 Å². The van der Waals surface area contributed by atoms with Gasteiger partial charge in [0.2, 0.25) is 5.75 Å². The van der Waals surface area contributed by atoms with Crippen molar-refractivity contribution in [3.05, 3.63) is 57.5 Å². The molecule has 0 amide bonds. The first-order valence-electron chi connectivity index (χ1n) is 7.82. The number of aromatic nitrogens is 2. The van der Waals surface area contributed by atoms with Crippen molar-refractivity contribution in [3.63, 3.8) is 0 Å². The Hall–Kier alpha value is -2.54. The molecule has 0 radical (unpaired) electrons. The number of Topliss-reactive ketones (excluding diaryl/α,β-unsaturated/α-hetero) is 1. The van der Waals surface area contributed by atoms with E-state index >= 15 is 0 Å². The first-order chi connectivity index (χ1) is 11.5. The lowest BCUT2D eigenvalue weighted by Crippen LogP contribution is -2.40. The summed E-state index contributed by atoms with van der Waals surface area (Å²) in [5, 5.41) is 13.2. The predicted molar refractivity (Wildman–Crippen MR) is 85.6 cm³/mol. The van der Waals surface area contributed by atoms with Gasteiger partial charge < -0.3 is 10.4 Å². The van der Waals surface area contributed by atoms with Crippen LogP contribution in [0.1, 0.15) is 41.3 Å². The molecule has 0 fully saturated rings. The SMILES string of the molecule is CC1NCCn2c1nc(C(=O)CCc1ccc(F)cc1)c(O)c2=O. The van der Waals surface area contributed by atoms with E-state index in [0.717, 1.165) is 5.56 Å². The van der Waals surface area contributed by atoms with Gasteiger partial charge in [0.1, 0.15) is 11.6 Å². The second-order valence-corrected chi connectivity index (χ2v) is 5.85. The molecule has 126 valence electrons. The van der Waals surface area contributed by atoms with Gasteiger partial charge in [0.15, 0.2) is 11.5 Å². The summed E-state index contributed by atoms with van der Waals surface area (Å²) < 4.78 is 14.3. The highest BCUT2D eigenvalue weighted by Gasteiger charge is 2.25. The number of rotatable bonds is 4. The molecular weight excluding hydrogens is 313 g/mol. The molecule has 6 nitrogen and oxygen atoms in total. The van der Waals surface area contributed by atoms with Gasteiger partial charge in [0.25, 0.3) is 5.56 Å². The minimum atomic E-state index is -0.600. The van der Waals surface area contributed by atoms with Crippen molar-refractivity contribution in [2.75, 3.05) is 6.54 Å². The molecule has 2 heterocycles. The fourth-order valence-electron chi connectivity index (χ4n) is 2.81. The van der Waals surface area contributed by atoms with Crippen LogP contribution in [0.5, 0.6) is 5.75 Å². The highest BCUT2D eigenvalue weighted by Crippen LogP contribution is 2.19. The van der Waals surface area contributed by atoms with Gasteiger partial charge in [-0.2, -0.15) is 0 Å². The van der Waals surface area contributed by atoms with Gasteiger partial charge in [-0.15, -0.1) is 0 Å². The zero-order valence-corrected chi connectivity index (χ0v) is 13.3. The van der Waals surface area contributed by atoms with Gasteiger partial charge in [0.05, 0.1) is 6.04 Å². The van der Waals surface area contributed by atoms with Crippen LogP contribution in [0.2, 0.25) is 0 Å². The predicted octanol–water partition coefficient (Wildman–Crippen LogP) is 1.57. The van der Waals surface area contributed by atoms with Crippen molar-refractivity contribution in [1.82, 2.24) is 14.9 Å². The van der Waals surface area contributed by atoms with Crippen LogP contribution < -0.4 is 10.9 Å². The molecule has 2 N–H and O–H groups in total. The van der Waals surface area contributed by atoms with Crippen LogP contribution >= 0.6 is 0 Å². The number of aryl methyl sites for hydroxylation is 1. The number of halogens is 1. The maximum atomic E-state index is 12.9. The molecular formula is C17H18FN3O3. The molecule has 1 atom stereocenters. The van der Waals surface area contributed by atoms with Gasteiger partial charge in [0, 0.05) is 19.5 Å². The summed E-state index contributed by atoms with van der Waals surface area (Å²) in [6, 6.07) is 5.69. The Morgan fingerprint density at radius 1 is 1.42 bits per heavy atom. The standard InChI is InChI=1S/C17H18FN3O3/c1-10-16-20-14(15(23)17(24)21(16)9-8-19-10)13(22)7-4-11-2-5-12(18)6-3-11/h2-3,5-6,10,19,23H,4,7-9H2,1H3. The van der Waals surface area contributed by atoms with Crippen LogP contribution in [-0.2, 0) is 13.0 Å². The minimum absolute atomic E-state index is 0.0803. The normalized spacial score (nSPS) is 16.7. The fraction of sp³-hybridized carbons (Fsp3) is 0.353. The summed E-state index contributed by atoms with van der Waals surface area (Å²) >= 11 is 0. The second kappa shape index (κ2) is 6.52. The number of aromatic hydroxyl groups is 1. The Kier molecular flexibility index (Phi) is 4.44. The van der Waals surface area contributed by atoms with Crippen LogP contribution in [0.15, 0.2) is 29.1 Å². The van der Waals surface area contributed by atoms with E-state index in [9.17, 15) is 19.1 Å². The van der Waals surface area contributed by atoms with Gasteiger partial charge in [-0.25, -0.2) is 9.37 Å². The van der Waals surface area contributed by atoms with Crippen LogP contribution in [0.4, 0.5) is 4.39 Å². The highest BCUT2D eigenvalue weighted by atomic mass is 19.1. The number of benzene rings is 1. The Morgan fingerprint density at radius 2 is 2.12 bits per heavy atom. The first kappa shape index (κ1) is 16.3. The molecule has 1 aliphatic heterocycles. The summed E-state index contributed by atoms with van der Waals surface area (Å²) in [4.78, 5) is 28.9. The lowest BCUT2D eigenvalue weighted by Gasteiger charge is -2.24. The van der Waals surface area contributed by atoms with Crippen LogP contribution in [-0.4, -0.2) is 27.0 Å². The molecule has 0 aliphatic carbocycles. The van der Waals surface area contributed by atoms with Gasteiger partial charge in [-0.05, 0) is 31.0 Å². The number of hydrogen-bond donors (Lipinski definition) is 2. The number of ketones is 1. The third-order valence-corrected chi connectivity index (χ3v) is 4.17. The van der Waals surface area contributed by atoms with E-state index in [2.05, 4.69) is 10.3 Å². The molecule has 2 aromatic rings. The van der Waals surface area contributed by atoms with Crippen LogP contribution in [0.25, 0.3) is 0 Å². The number of carbonyl (C=O) groups is 1. The Morgan fingerprint density at radius 3 is 2.83 bits per heavy atom. The molecule has 7 heteroatoms. The Labute approximate surface area is 138 Å². The zero-order valence-electron chi connectivity index (χ0n) is 13.3. The van der Waals surface area contributed by atoms with Crippen molar-refractivity contribution in [2.24, 2.45) is 0 Å². The van der Waals surface area contributed by atoms with E-state index in [4.69, 9.17) is 0 Å². The van der Waals surface area contributed by atoms with Crippen molar-refractivity contribution in [1.29, 1.82) is 0 Å². The lowest BCUT2D eigenvalue weighted by molar-refractivity contribution is 0.0973. The van der Waals surface area contributed by atoms with Gasteiger partial charge >= 0.3 is 0 Å². The lowest BCUT2D eigenvalue weighted by atomic mass is 10.1. The molecule has 0 saturated carbocycles. The van der Waals surface area contributed by atoms with E-state index in [-0.39, 0.29) is 24.0 Å². The van der Waals surface area contributed by atoms with E-state index in [0.29, 0.717) is 25.3 Å². The monoisotopic (exact) mass is 331 g/mol. The number of nitrogens with zero attached hydrogens (tertiary/aromatic N) is 2. The molecule has 0 bridgehead atoms. The molecule has 1 unspecified atom stereocenters. The summed E-state index contributed by atoms with van der Waals surface area (Å²) in [5.41, 5.74) is 0.0244. The van der Waals surface area contributed by atoms with Crippen LogP contribution in [0.3, 0.4) is 0 Å². The summed E-state index contributed by atoms with van der Waals surface area (Å²) in [6.45, 7) is 2.86. The van der Waals surface area contributed by atoms with E-state index < -0.39 is 17.1 Å². The van der Waals surface area contributed by atoms with Crippen molar-refractivity contribution < 1.29 is 14.3 Å². The molecule has 0 spiro atoms. The summed E-state index contributed by atoms with van der Waals surface area (Å²) in [6.07, 6.45) is 0.462. The van der Waals surface area contributed by atoms with E-state index in [1.54, 1.807) is 12.1 Å². The largest absolute Gasteiger partial charge is 0.501 e. The van der Waals surface area contributed by atoms with E-state index in [1.807, 2.05) is 6.92 Å². The molecule has 0 saturated heterocycles. The highest BCUT2D eigenvalue weighted by molar-refractivity contribution is 5.96. The molecule has 24 heavy (non-hydrogen) atoms. The molecule has 1 aromatic carbocycles. The van der Waals surface area contributed by atoms with Crippen LogP contribution in [0, 0.1) is 5.82 Å². The first-order valence-corrected chi connectivity index (χ1v) is 7.82. The second-order valence-electron chi connectivity index (χ2n) is 5.85. The van der Waals surface area contributed by atoms with Crippen molar-refractivity contribution in [2.45, 2.75) is 32.4 Å². The molecule has 3 rings (SSSR count). The molecule has 1 aliphatic rings.